The Labute approximate surface area is 134 Å². The van der Waals surface area contributed by atoms with E-state index in [2.05, 4.69) is 5.73 Å². The van der Waals surface area contributed by atoms with Crippen LogP contribution in [0.1, 0.15) is 42.5 Å². The maximum absolute atomic E-state index is 12.5. The lowest BCUT2D eigenvalue weighted by molar-refractivity contribution is -0.135. The maximum atomic E-state index is 12.5. The molecule has 5 N–H and O–H groups in total. The summed E-state index contributed by atoms with van der Waals surface area (Å²) >= 11 is 5.46. The van der Waals surface area contributed by atoms with Crippen molar-refractivity contribution in [2.75, 3.05) is 6.54 Å². The molecular weight excluding hydrogens is 311 g/mol. The van der Waals surface area contributed by atoms with Gasteiger partial charge in [0.05, 0.1) is 17.1 Å². The van der Waals surface area contributed by atoms with Crippen LogP contribution in [0.15, 0.2) is 18.2 Å². The summed E-state index contributed by atoms with van der Waals surface area (Å²) in [5, 5.41) is 7.75. The minimum Gasteiger partial charge on any atom is -0.480 e. The number of aldehydes is 1. The molecule has 22 heavy (non-hydrogen) atoms. The molecule has 0 heterocycles. The van der Waals surface area contributed by atoms with Crippen LogP contribution in [0.2, 0.25) is 5.02 Å². The summed E-state index contributed by atoms with van der Waals surface area (Å²) in [4.78, 5) is 19.4. The molecular formula is C15H22ClFN2O3. The van der Waals surface area contributed by atoms with Crippen molar-refractivity contribution in [1.29, 1.82) is 0 Å². The van der Waals surface area contributed by atoms with Gasteiger partial charge in [-0.3, -0.25) is 9.59 Å². The van der Waals surface area contributed by atoms with E-state index in [0.29, 0.717) is 12.3 Å². The van der Waals surface area contributed by atoms with Crippen molar-refractivity contribution in [2.45, 2.75) is 38.1 Å². The van der Waals surface area contributed by atoms with Gasteiger partial charge in [-0.2, -0.15) is 0 Å². The largest absolute Gasteiger partial charge is 0.480 e. The van der Waals surface area contributed by atoms with Crippen LogP contribution >= 0.6 is 11.6 Å². The predicted octanol–water partition coefficient (Wildman–Crippen LogP) is 2.60. The molecule has 1 aliphatic carbocycles. The molecule has 2 rings (SSSR count). The molecule has 7 heteroatoms. The molecule has 0 radical (unpaired) electrons. The Bertz CT molecular complexity index is 446. The Kier molecular flexibility index (Phi) is 11.3. The Hall–Kier alpha value is -1.50. The molecule has 1 aromatic rings. The van der Waals surface area contributed by atoms with Gasteiger partial charge >= 0.3 is 5.97 Å². The number of carbonyl (C=O) groups is 2. The second-order valence-corrected chi connectivity index (χ2v) is 5.16. The first-order valence-corrected chi connectivity index (χ1v) is 7.36. The average Bonchev–Trinajstić information content (AvgIpc) is 2.49. The molecule has 0 aliphatic heterocycles. The zero-order valence-electron chi connectivity index (χ0n) is 12.3. The minimum absolute atomic E-state index is 0.0795. The Morgan fingerprint density at radius 2 is 1.91 bits per heavy atom. The summed E-state index contributed by atoms with van der Waals surface area (Å²) in [6.45, 7) is -0.278. The molecule has 1 fully saturated rings. The van der Waals surface area contributed by atoms with Gasteiger partial charge in [0, 0.05) is 6.04 Å². The third kappa shape index (κ3) is 9.44. The average molecular weight is 333 g/mol. The molecule has 0 bridgehead atoms. The van der Waals surface area contributed by atoms with Crippen LogP contribution in [0.5, 0.6) is 0 Å². The Morgan fingerprint density at radius 3 is 2.18 bits per heavy atom. The highest BCUT2D eigenvalue weighted by molar-refractivity contribution is 6.32. The molecule has 0 amide bonds. The first-order valence-electron chi connectivity index (χ1n) is 6.99. The van der Waals surface area contributed by atoms with Crippen LogP contribution in [-0.2, 0) is 4.79 Å². The number of carboxylic acids is 1. The summed E-state index contributed by atoms with van der Waals surface area (Å²) in [5.74, 6) is -1.55. The van der Waals surface area contributed by atoms with Gasteiger partial charge < -0.3 is 16.6 Å². The Balaban J connectivity index is 0.000000322. The lowest BCUT2D eigenvalue weighted by Gasteiger charge is -2.15. The third-order valence-corrected chi connectivity index (χ3v) is 3.27. The van der Waals surface area contributed by atoms with Gasteiger partial charge in [0.2, 0.25) is 0 Å². The second-order valence-electron chi connectivity index (χ2n) is 4.75. The fraction of sp³-hybridized carbons (Fsp3) is 0.467. The zero-order valence-corrected chi connectivity index (χ0v) is 13.1. The van der Waals surface area contributed by atoms with Crippen LogP contribution in [0.3, 0.4) is 0 Å². The highest BCUT2D eigenvalue weighted by Gasteiger charge is 2.06. The van der Waals surface area contributed by atoms with Crippen LogP contribution in [0, 0.1) is 5.82 Å². The second kappa shape index (κ2) is 12.1. The number of carboxylic acid groups (broad SMARTS) is 1. The standard InChI is InChI=1S/C7H4ClFO.C6H13N.C2H5NO2/c8-6-2-1-3-7(9)5(6)4-10;7-6-4-2-1-3-5-6;3-1-2(4)5/h1-4H;6H,1-5,7H2;1,3H2,(H,4,5). The first-order chi connectivity index (χ1) is 10.4. The van der Waals surface area contributed by atoms with E-state index in [1.54, 1.807) is 0 Å². The van der Waals surface area contributed by atoms with Gasteiger partial charge in [0.1, 0.15) is 5.82 Å². The van der Waals surface area contributed by atoms with Gasteiger partial charge in [-0.05, 0) is 25.0 Å². The van der Waals surface area contributed by atoms with E-state index >= 15 is 0 Å². The molecule has 0 spiro atoms. The monoisotopic (exact) mass is 332 g/mol. The van der Waals surface area contributed by atoms with E-state index in [4.69, 9.17) is 22.4 Å². The van der Waals surface area contributed by atoms with Gasteiger partial charge in [-0.25, -0.2) is 4.39 Å². The molecule has 0 saturated heterocycles. The van der Waals surface area contributed by atoms with Crippen molar-refractivity contribution in [3.8, 4) is 0 Å². The van der Waals surface area contributed by atoms with Crippen molar-refractivity contribution in [1.82, 2.24) is 0 Å². The summed E-state index contributed by atoms with van der Waals surface area (Å²) in [6, 6.07) is 4.64. The topological polar surface area (TPSA) is 106 Å². The molecule has 1 aliphatic rings. The molecule has 0 aromatic heterocycles. The highest BCUT2D eigenvalue weighted by atomic mass is 35.5. The summed E-state index contributed by atoms with van der Waals surface area (Å²) in [5.41, 5.74) is 10.1. The van der Waals surface area contributed by atoms with Crippen molar-refractivity contribution >= 4 is 23.9 Å². The first kappa shape index (κ1) is 20.5. The molecule has 1 saturated carbocycles. The van der Waals surface area contributed by atoms with Gasteiger partial charge in [-0.1, -0.05) is 36.9 Å². The zero-order chi connectivity index (χ0) is 17.0. The van der Waals surface area contributed by atoms with E-state index < -0.39 is 11.8 Å². The molecule has 5 nitrogen and oxygen atoms in total. The highest BCUT2D eigenvalue weighted by Crippen LogP contribution is 2.16. The van der Waals surface area contributed by atoms with Crippen molar-refractivity contribution in [3.05, 3.63) is 34.6 Å². The van der Waals surface area contributed by atoms with E-state index in [-0.39, 0.29) is 17.1 Å². The fourth-order valence-electron chi connectivity index (χ4n) is 1.76. The molecule has 0 unspecified atom stereocenters. The number of hydrogen-bond acceptors (Lipinski definition) is 4. The normalized spacial score (nSPS) is 14.0. The van der Waals surface area contributed by atoms with E-state index in [9.17, 15) is 14.0 Å². The summed E-state index contributed by atoms with van der Waals surface area (Å²) in [7, 11) is 0. The van der Waals surface area contributed by atoms with Crippen molar-refractivity contribution < 1.29 is 19.1 Å². The number of halogens is 2. The number of aliphatic carboxylic acids is 1. The van der Waals surface area contributed by atoms with Crippen LogP contribution < -0.4 is 11.5 Å². The number of benzene rings is 1. The minimum atomic E-state index is -0.968. The van der Waals surface area contributed by atoms with Crippen LogP contribution in [0.4, 0.5) is 4.39 Å². The summed E-state index contributed by atoms with van der Waals surface area (Å²) < 4.78 is 12.5. The molecule has 0 atom stereocenters. The number of nitrogens with two attached hydrogens (primary N) is 2. The molecule has 1 aromatic carbocycles. The number of carbonyl (C=O) groups excluding carboxylic acids is 1. The van der Waals surface area contributed by atoms with E-state index in [1.807, 2.05) is 0 Å². The predicted molar refractivity (Wildman–Crippen MR) is 84.5 cm³/mol. The van der Waals surface area contributed by atoms with Gasteiger partial charge in [0.25, 0.3) is 0 Å². The quantitative estimate of drug-likeness (QED) is 0.722. The SMILES string of the molecule is NC1CCCCC1.NCC(=O)O.O=Cc1c(F)cccc1Cl. The van der Waals surface area contributed by atoms with Crippen LogP contribution in [-0.4, -0.2) is 29.9 Å². The lowest BCUT2D eigenvalue weighted by atomic mass is 9.97. The fourth-order valence-corrected chi connectivity index (χ4v) is 1.97. The van der Waals surface area contributed by atoms with Crippen molar-refractivity contribution in [2.24, 2.45) is 11.5 Å². The lowest BCUT2D eigenvalue weighted by Crippen LogP contribution is -2.22. The molecule has 124 valence electrons. The Morgan fingerprint density at radius 1 is 1.36 bits per heavy atom. The van der Waals surface area contributed by atoms with Gasteiger partial charge in [0.15, 0.2) is 6.29 Å². The smallest absolute Gasteiger partial charge is 0.317 e. The van der Waals surface area contributed by atoms with Gasteiger partial charge in [-0.15, -0.1) is 0 Å². The van der Waals surface area contributed by atoms with E-state index in [1.165, 1.54) is 50.3 Å². The van der Waals surface area contributed by atoms with Crippen molar-refractivity contribution in [3.63, 3.8) is 0 Å². The maximum Gasteiger partial charge on any atom is 0.317 e. The summed E-state index contributed by atoms with van der Waals surface area (Å²) in [6.07, 6.45) is 7.06. The third-order valence-electron chi connectivity index (χ3n) is 2.94. The van der Waals surface area contributed by atoms with E-state index in [0.717, 1.165) is 0 Å². The number of hydrogen-bond donors (Lipinski definition) is 3. The number of rotatable bonds is 2. The van der Waals surface area contributed by atoms with Crippen LogP contribution in [0.25, 0.3) is 0 Å².